The highest BCUT2D eigenvalue weighted by atomic mass is 15.2. The monoisotopic (exact) mass is 352 g/mol. The molecule has 0 N–H and O–H groups in total. The molecule has 2 aromatic carbocycles. The van der Waals surface area contributed by atoms with E-state index in [9.17, 15) is 0 Å². The van der Waals surface area contributed by atoms with Gasteiger partial charge in [0, 0.05) is 29.4 Å². The van der Waals surface area contributed by atoms with Crippen LogP contribution in [0.2, 0.25) is 0 Å². The second kappa shape index (κ2) is 7.32. The van der Waals surface area contributed by atoms with E-state index in [0.29, 0.717) is 5.70 Å². The number of nitriles is 2. The van der Waals surface area contributed by atoms with Gasteiger partial charge in [-0.2, -0.15) is 10.5 Å². The number of aliphatic imine (C=N–C) groups is 1. The Kier molecular flexibility index (Phi) is 4.92. The summed E-state index contributed by atoms with van der Waals surface area (Å²) in [6.07, 6.45) is 3.90. The number of hydrogen-bond donors (Lipinski definition) is 0. The quantitative estimate of drug-likeness (QED) is 0.743. The van der Waals surface area contributed by atoms with Crippen molar-refractivity contribution in [1.29, 1.82) is 10.5 Å². The minimum atomic E-state index is -0.161. The molecule has 0 spiro atoms. The smallest absolute Gasteiger partial charge is 0.218 e. The van der Waals surface area contributed by atoms with Gasteiger partial charge in [-0.1, -0.05) is 62.4 Å². The predicted octanol–water partition coefficient (Wildman–Crippen LogP) is 4.83. The fourth-order valence-electron chi connectivity index (χ4n) is 3.46. The topological polar surface area (TPSA) is 63.2 Å². The third-order valence-electron chi connectivity index (χ3n) is 4.85. The standard InChI is InChI=1S/C23H20N4/c1-23(2)19-11-7-8-12-21(19)27(3)22(23)14-13-20(26-18(15-24)16-25)17-9-5-4-6-10-17/h4-14H,1-3H3/b20-13-,22-14+. The Balaban J connectivity index is 2.11. The summed E-state index contributed by atoms with van der Waals surface area (Å²) in [7, 11) is 2.05. The van der Waals surface area contributed by atoms with Crippen LogP contribution in [-0.2, 0) is 5.41 Å². The molecule has 0 saturated heterocycles. The lowest BCUT2D eigenvalue weighted by Gasteiger charge is -2.23. The summed E-state index contributed by atoms with van der Waals surface area (Å²) in [5.41, 5.74) is 4.71. The number of fused-ring (bicyclic) bond motifs is 1. The van der Waals surface area contributed by atoms with E-state index >= 15 is 0 Å². The normalized spacial score (nSPS) is 16.4. The molecule has 0 bridgehead atoms. The van der Waals surface area contributed by atoms with E-state index in [1.807, 2.05) is 60.7 Å². The number of anilines is 1. The van der Waals surface area contributed by atoms with Crippen molar-refractivity contribution in [2.24, 2.45) is 4.99 Å². The number of likely N-dealkylation sites (N-methyl/N-ethyl adjacent to an activating group) is 1. The van der Waals surface area contributed by atoms with Crippen LogP contribution in [0.1, 0.15) is 25.0 Å². The summed E-state index contributed by atoms with van der Waals surface area (Å²) in [6.45, 7) is 4.38. The molecule has 0 amide bonds. The highest BCUT2D eigenvalue weighted by Crippen LogP contribution is 2.46. The van der Waals surface area contributed by atoms with E-state index in [4.69, 9.17) is 10.5 Å². The first kappa shape index (κ1) is 18.2. The van der Waals surface area contributed by atoms with Crippen molar-refractivity contribution in [3.8, 4) is 12.1 Å². The minimum Gasteiger partial charge on any atom is -0.347 e. The predicted molar refractivity (Wildman–Crippen MR) is 109 cm³/mol. The van der Waals surface area contributed by atoms with Crippen LogP contribution in [0.15, 0.2) is 77.4 Å². The second-order valence-corrected chi connectivity index (χ2v) is 6.86. The molecular formula is C23H20N4. The van der Waals surface area contributed by atoms with Crippen LogP contribution in [0, 0.1) is 22.7 Å². The van der Waals surface area contributed by atoms with E-state index in [1.165, 1.54) is 11.3 Å². The molecule has 3 rings (SSSR count). The first-order chi connectivity index (χ1) is 13.0. The maximum Gasteiger partial charge on any atom is 0.218 e. The van der Waals surface area contributed by atoms with E-state index in [-0.39, 0.29) is 11.1 Å². The second-order valence-electron chi connectivity index (χ2n) is 6.86. The van der Waals surface area contributed by atoms with Crippen LogP contribution >= 0.6 is 0 Å². The molecule has 0 aromatic heterocycles. The number of benzene rings is 2. The van der Waals surface area contributed by atoms with Crippen LogP contribution in [0.25, 0.3) is 5.70 Å². The van der Waals surface area contributed by atoms with Crippen molar-refractivity contribution >= 4 is 17.1 Å². The Hall–Kier alpha value is -3.63. The average molecular weight is 352 g/mol. The lowest BCUT2D eigenvalue weighted by atomic mass is 9.83. The van der Waals surface area contributed by atoms with Crippen LogP contribution in [0.4, 0.5) is 5.69 Å². The molecule has 0 fully saturated rings. The Morgan fingerprint density at radius 3 is 2.26 bits per heavy atom. The van der Waals surface area contributed by atoms with Crippen LogP contribution in [0.5, 0.6) is 0 Å². The summed E-state index contributed by atoms with van der Waals surface area (Å²) in [5.74, 6) is 0. The number of para-hydroxylation sites is 1. The van der Waals surface area contributed by atoms with Gasteiger partial charge >= 0.3 is 0 Å². The van der Waals surface area contributed by atoms with Gasteiger partial charge in [0.25, 0.3) is 0 Å². The highest BCUT2D eigenvalue weighted by molar-refractivity contribution is 6.12. The van der Waals surface area contributed by atoms with Gasteiger partial charge in [-0.25, -0.2) is 4.99 Å². The van der Waals surface area contributed by atoms with Crippen LogP contribution in [0.3, 0.4) is 0 Å². The van der Waals surface area contributed by atoms with Crippen LogP contribution < -0.4 is 4.90 Å². The summed E-state index contributed by atoms with van der Waals surface area (Å²) in [5, 5.41) is 18.2. The number of allylic oxidation sites excluding steroid dienone is 3. The molecule has 4 nitrogen and oxygen atoms in total. The lowest BCUT2D eigenvalue weighted by molar-refractivity contribution is 0.640. The Labute approximate surface area is 160 Å². The molecule has 4 heteroatoms. The Morgan fingerprint density at radius 2 is 1.63 bits per heavy atom. The van der Waals surface area contributed by atoms with E-state index in [0.717, 1.165) is 11.3 Å². The highest BCUT2D eigenvalue weighted by Gasteiger charge is 2.37. The third-order valence-corrected chi connectivity index (χ3v) is 4.85. The first-order valence-electron chi connectivity index (χ1n) is 8.69. The lowest BCUT2D eigenvalue weighted by Crippen LogP contribution is -2.22. The van der Waals surface area contributed by atoms with Crippen molar-refractivity contribution in [3.05, 3.63) is 83.6 Å². The molecule has 1 aliphatic rings. The fourth-order valence-corrected chi connectivity index (χ4v) is 3.46. The van der Waals surface area contributed by atoms with Gasteiger partial charge in [0.2, 0.25) is 5.71 Å². The van der Waals surface area contributed by atoms with Crippen molar-refractivity contribution in [1.82, 2.24) is 0 Å². The summed E-state index contributed by atoms with van der Waals surface area (Å²) >= 11 is 0. The zero-order valence-electron chi connectivity index (χ0n) is 15.6. The molecular weight excluding hydrogens is 332 g/mol. The Morgan fingerprint density at radius 1 is 1.00 bits per heavy atom. The maximum atomic E-state index is 9.09. The van der Waals surface area contributed by atoms with Gasteiger partial charge in [-0.3, -0.25) is 0 Å². The van der Waals surface area contributed by atoms with Gasteiger partial charge in [-0.15, -0.1) is 0 Å². The molecule has 132 valence electrons. The number of hydrogen-bond acceptors (Lipinski definition) is 4. The van der Waals surface area contributed by atoms with Crippen molar-refractivity contribution in [3.63, 3.8) is 0 Å². The van der Waals surface area contributed by atoms with E-state index < -0.39 is 0 Å². The molecule has 2 aromatic rings. The molecule has 0 atom stereocenters. The van der Waals surface area contributed by atoms with Crippen molar-refractivity contribution < 1.29 is 0 Å². The van der Waals surface area contributed by atoms with Crippen LogP contribution in [-0.4, -0.2) is 12.8 Å². The molecule has 0 saturated carbocycles. The van der Waals surface area contributed by atoms with E-state index in [1.54, 1.807) is 0 Å². The van der Waals surface area contributed by atoms with Gasteiger partial charge in [0.05, 0.1) is 5.70 Å². The SMILES string of the molecule is CN1/C(=C/C=C(\N=C(C#N)C#N)c2ccccc2)C(C)(C)c2ccccc21. The molecule has 27 heavy (non-hydrogen) atoms. The number of nitrogens with zero attached hydrogens (tertiary/aromatic N) is 4. The van der Waals surface area contributed by atoms with E-state index in [2.05, 4.69) is 49.0 Å². The minimum absolute atomic E-state index is 0.152. The molecule has 1 aliphatic heterocycles. The summed E-state index contributed by atoms with van der Waals surface area (Å²) in [4.78, 5) is 6.43. The fraction of sp³-hybridized carbons (Fsp3) is 0.174. The largest absolute Gasteiger partial charge is 0.347 e. The van der Waals surface area contributed by atoms with Crippen molar-refractivity contribution in [2.75, 3.05) is 11.9 Å². The molecule has 0 aliphatic carbocycles. The first-order valence-corrected chi connectivity index (χ1v) is 8.69. The zero-order valence-corrected chi connectivity index (χ0v) is 15.6. The van der Waals surface area contributed by atoms with Gasteiger partial charge in [0.15, 0.2) is 0 Å². The zero-order chi connectivity index (χ0) is 19.4. The summed E-state index contributed by atoms with van der Waals surface area (Å²) < 4.78 is 0. The molecule has 0 radical (unpaired) electrons. The molecule has 0 unspecified atom stereocenters. The van der Waals surface area contributed by atoms with Gasteiger partial charge in [0.1, 0.15) is 12.1 Å². The summed E-state index contributed by atoms with van der Waals surface area (Å²) in [6, 6.07) is 21.6. The Bertz CT molecular complexity index is 1010. The molecule has 1 heterocycles. The van der Waals surface area contributed by atoms with Gasteiger partial charge in [-0.05, 0) is 23.8 Å². The van der Waals surface area contributed by atoms with Crippen molar-refractivity contribution in [2.45, 2.75) is 19.3 Å². The third kappa shape index (κ3) is 3.38. The maximum absolute atomic E-state index is 9.09. The van der Waals surface area contributed by atoms with Gasteiger partial charge < -0.3 is 4.90 Å². The number of rotatable bonds is 3. The average Bonchev–Trinajstić information content (AvgIpc) is 2.89.